The van der Waals surface area contributed by atoms with Crippen LogP contribution in [0.2, 0.25) is 0 Å². The Morgan fingerprint density at radius 2 is 1.95 bits per heavy atom. The van der Waals surface area contributed by atoms with Crippen LogP contribution in [-0.2, 0) is 11.0 Å². The van der Waals surface area contributed by atoms with Crippen LogP contribution in [0.5, 0.6) is 0 Å². The summed E-state index contributed by atoms with van der Waals surface area (Å²) < 4.78 is 38.8. The van der Waals surface area contributed by atoms with Gasteiger partial charge in [-0.15, -0.1) is 0 Å². The van der Waals surface area contributed by atoms with E-state index in [1.54, 1.807) is 0 Å². The molecular formula is C13H12F3NO2. The Morgan fingerprint density at radius 3 is 2.58 bits per heavy atom. The van der Waals surface area contributed by atoms with E-state index >= 15 is 0 Å². The highest BCUT2D eigenvalue weighted by Crippen LogP contribution is 2.37. The van der Waals surface area contributed by atoms with Gasteiger partial charge in [-0.25, -0.2) is 4.79 Å². The highest BCUT2D eigenvalue weighted by molar-refractivity contribution is 5.97. The number of hydrogen-bond acceptors (Lipinski definition) is 2. The first-order valence-corrected chi connectivity index (χ1v) is 5.74. The van der Waals surface area contributed by atoms with Gasteiger partial charge in [0.05, 0.1) is 11.1 Å². The van der Waals surface area contributed by atoms with Gasteiger partial charge < -0.3 is 10.4 Å². The van der Waals surface area contributed by atoms with Crippen molar-refractivity contribution < 1.29 is 23.1 Å². The molecule has 0 fully saturated rings. The first-order valence-electron chi connectivity index (χ1n) is 5.74. The van der Waals surface area contributed by atoms with Crippen LogP contribution in [0.15, 0.2) is 29.8 Å². The van der Waals surface area contributed by atoms with Crippen LogP contribution in [-0.4, -0.2) is 24.2 Å². The quantitative estimate of drug-likeness (QED) is 0.869. The lowest BCUT2D eigenvalue weighted by atomic mass is 9.91. The van der Waals surface area contributed by atoms with Crippen molar-refractivity contribution in [3.05, 3.63) is 41.0 Å². The molecule has 0 amide bonds. The Bertz CT molecular complexity index is 535. The molecule has 0 bridgehead atoms. The zero-order valence-electron chi connectivity index (χ0n) is 9.92. The van der Waals surface area contributed by atoms with Crippen LogP contribution < -0.4 is 5.32 Å². The molecule has 1 aliphatic heterocycles. The molecule has 1 aromatic carbocycles. The molecule has 0 aliphatic carbocycles. The summed E-state index contributed by atoms with van der Waals surface area (Å²) in [6.07, 6.45) is -4.22. The molecule has 1 aromatic rings. The largest absolute Gasteiger partial charge is 0.478 e. The van der Waals surface area contributed by atoms with Crippen molar-refractivity contribution >= 4 is 11.5 Å². The molecule has 19 heavy (non-hydrogen) atoms. The second-order valence-corrected chi connectivity index (χ2v) is 4.23. The number of nitrogens with one attached hydrogen (secondary N) is 1. The minimum atomic E-state index is -4.49. The molecule has 2 rings (SSSR count). The summed E-state index contributed by atoms with van der Waals surface area (Å²) in [5.41, 5.74) is -0.554. The summed E-state index contributed by atoms with van der Waals surface area (Å²) in [5.74, 6) is -1.18. The maximum Gasteiger partial charge on any atom is 0.416 e. The lowest BCUT2D eigenvalue weighted by Gasteiger charge is -2.22. The zero-order chi connectivity index (χ0) is 14.0. The minimum absolute atomic E-state index is 0.00273. The predicted molar refractivity (Wildman–Crippen MR) is 63.5 cm³/mol. The Morgan fingerprint density at radius 1 is 1.26 bits per heavy atom. The van der Waals surface area contributed by atoms with Gasteiger partial charge >= 0.3 is 12.1 Å². The molecule has 0 saturated carbocycles. The second kappa shape index (κ2) is 5.05. The van der Waals surface area contributed by atoms with Crippen molar-refractivity contribution in [3.63, 3.8) is 0 Å². The molecule has 0 aromatic heterocycles. The Balaban J connectivity index is 2.60. The van der Waals surface area contributed by atoms with Crippen molar-refractivity contribution in [1.82, 2.24) is 5.32 Å². The maximum atomic E-state index is 12.9. The van der Waals surface area contributed by atoms with E-state index in [4.69, 9.17) is 5.11 Å². The number of hydrogen-bond donors (Lipinski definition) is 2. The summed E-state index contributed by atoms with van der Waals surface area (Å²) in [5, 5.41) is 11.9. The molecule has 3 nitrogen and oxygen atoms in total. The number of alkyl halides is 3. The Labute approximate surface area is 107 Å². The molecule has 0 unspecified atom stereocenters. The van der Waals surface area contributed by atoms with Crippen LogP contribution in [0.3, 0.4) is 0 Å². The van der Waals surface area contributed by atoms with E-state index in [9.17, 15) is 18.0 Å². The van der Waals surface area contributed by atoms with Gasteiger partial charge in [-0.2, -0.15) is 13.2 Å². The van der Waals surface area contributed by atoms with Crippen molar-refractivity contribution in [3.8, 4) is 0 Å². The molecular weight excluding hydrogens is 259 g/mol. The number of benzene rings is 1. The fourth-order valence-electron chi connectivity index (χ4n) is 2.18. The van der Waals surface area contributed by atoms with Crippen molar-refractivity contribution in [2.75, 3.05) is 13.1 Å². The number of halogens is 3. The number of carboxylic acids is 1. The van der Waals surface area contributed by atoms with Gasteiger partial charge in [-0.05, 0) is 30.2 Å². The molecule has 6 heteroatoms. The van der Waals surface area contributed by atoms with Gasteiger partial charge in [0.25, 0.3) is 0 Å². The molecule has 0 atom stereocenters. The smallest absolute Gasteiger partial charge is 0.416 e. The minimum Gasteiger partial charge on any atom is -0.478 e. The Hall–Kier alpha value is -1.82. The third kappa shape index (κ3) is 2.78. The predicted octanol–water partition coefficient (Wildman–Crippen LogP) is 2.54. The average molecular weight is 271 g/mol. The van der Waals surface area contributed by atoms with Crippen LogP contribution >= 0.6 is 0 Å². The van der Waals surface area contributed by atoms with E-state index in [-0.39, 0.29) is 29.7 Å². The van der Waals surface area contributed by atoms with Gasteiger partial charge in [-0.1, -0.05) is 18.2 Å². The second-order valence-electron chi connectivity index (χ2n) is 4.23. The number of carboxylic acid groups (broad SMARTS) is 1. The number of aliphatic carboxylic acids is 1. The van der Waals surface area contributed by atoms with E-state index < -0.39 is 17.7 Å². The molecule has 0 saturated heterocycles. The van der Waals surface area contributed by atoms with E-state index in [0.717, 1.165) is 6.07 Å². The van der Waals surface area contributed by atoms with E-state index in [1.807, 2.05) is 0 Å². The average Bonchev–Trinajstić information content (AvgIpc) is 2.37. The van der Waals surface area contributed by atoms with Crippen LogP contribution in [0, 0.1) is 0 Å². The monoisotopic (exact) mass is 271 g/mol. The van der Waals surface area contributed by atoms with E-state index in [2.05, 4.69) is 5.32 Å². The summed E-state index contributed by atoms with van der Waals surface area (Å²) >= 11 is 0. The molecule has 102 valence electrons. The molecule has 0 spiro atoms. The van der Waals surface area contributed by atoms with Crippen molar-refractivity contribution in [1.29, 1.82) is 0 Å². The first-order chi connectivity index (χ1) is 8.91. The summed E-state index contributed by atoms with van der Waals surface area (Å²) in [6.45, 7) is 0.551. The van der Waals surface area contributed by atoms with Crippen LogP contribution in [0.1, 0.15) is 17.5 Å². The SMILES string of the molecule is O=C(O)C1=C(c2ccccc2C(F)(F)F)CCNC1. The van der Waals surface area contributed by atoms with Crippen LogP contribution in [0.4, 0.5) is 13.2 Å². The molecule has 2 N–H and O–H groups in total. The van der Waals surface area contributed by atoms with Gasteiger partial charge in [-0.3, -0.25) is 0 Å². The highest BCUT2D eigenvalue weighted by Gasteiger charge is 2.35. The lowest BCUT2D eigenvalue weighted by molar-refractivity contribution is -0.138. The van der Waals surface area contributed by atoms with Crippen molar-refractivity contribution in [2.24, 2.45) is 0 Å². The van der Waals surface area contributed by atoms with Crippen molar-refractivity contribution in [2.45, 2.75) is 12.6 Å². The third-order valence-corrected chi connectivity index (χ3v) is 3.03. The molecule has 1 aliphatic rings. The summed E-state index contributed by atoms with van der Waals surface area (Å²) in [7, 11) is 0. The Kier molecular flexibility index (Phi) is 3.61. The first kappa shape index (κ1) is 13.6. The number of rotatable bonds is 2. The third-order valence-electron chi connectivity index (χ3n) is 3.03. The molecule has 0 radical (unpaired) electrons. The van der Waals surface area contributed by atoms with Crippen LogP contribution in [0.25, 0.3) is 5.57 Å². The normalized spacial score (nSPS) is 16.6. The van der Waals surface area contributed by atoms with E-state index in [1.165, 1.54) is 18.2 Å². The number of carbonyl (C=O) groups is 1. The van der Waals surface area contributed by atoms with Gasteiger partial charge in [0.1, 0.15) is 0 Å². The van der Waals surface area contributed by atoms with Gasteiger partial charge in [0.2, 0.25) is 0 Å². The topological polar surface area (TPSA) is 49.3 Å². The van der Waals surface area contributed by atoms with Gasteiger partial charge in [0, 0.05) is 6.54 Å². The summed E-state index contributed by atoms with van der Waals surface area (Å²) in [6, 6.07) is 5.09. The standard InChI is InChI=1S/C13H12F3NO2/c14-13(15,16)11-4-2-1-3-9(11)8-5-6-17-7-10(8)12(18)19/h1-4,17H,5-7H2,(H,18,19). The lowest BCUT2D eigenvalue weighted by Crippen LogP contribution is -2.28. The fourth-order valence-corrected chi connectivity index (χ4v) is 2.18. The zero-order valence-corrected chi connectivity index (χ0v) is 9.92. The van der Waals surface area contributed by atoms with Gasteiger partial charge in [0.15, 0.2) is 0 Å². The highest BCUT2D eigenvalue weighted by atomic mass is 19.4. The summed E-state index contributed by atoms with van der Waals surface area (Å²) in [4.78, 5) is 11.1. The van der Waals surface area contributed by atoms with E-state index in [0.29, 0.717) is 6.54 Å². The maximum absolute atomic E-state index is 12.9. The fraction of sp³-hybridized carbons (Fsp3) is 0.308. The molecule has 1 heterocycles.